The zero-order valence-electron chi connectivity index (χ0n) is 11.4. The molecule has 0 aliphatic carbocycles. The third-order valence-corrected chi connectivity index (χ3v) is 4.79. The normalized spacial score (nSPS) is 16.2. The van der Waals surface area contributed by atoms with Gasteiger partial charge in [0.15, 0.2) is 5.96 Å². The SMILES string of the molecule is NC(=NCCCNC(=O)c1cccs1)N1CCSCC1. The predicted octanol–water partition coefficient (Wildman–Crippen LogP) is 1.23. The summed E-state index contributed by atoms with van der Waals surface area (Å²) in [4.78, 5) is 18.9. The first-order chi connectivity index (χ1) is 9.77. The summed E-state index contributed by atoms with van der Waals surface area (Å²) in [6.07, 6.45) is 0.806. The first-order valence-electron chi connectivity index (χ1n) is 6.71. The van der Waals surface area contributed by atoms with Crippen LogP contribution in [0.25, 0.3) is 0 Å². The van der Waals surface area contributed by atoms with Crippen LogP contribution in [0, 0.1) is 0 Å². The van der Waals surface area contributed by atoms with Crippen LogP contribution in [0.5, 0.6) is 0 Å². The maximum absolute atomic E-state index is 11.7. The zero-order chi connectivity index (χ0) is 14.2. The van der Waals surface area contributed by atoms with Gasteiger partial charge in [-0.3, -0.25) is 9.79 Å². The van der Waals surface area contributed by atoms with Gasteiger partial charge in [0.2, 0.25) is 0 Å². The molecule has 0 aromatic carbocycles. The number of hydrogen-bond donors (Lipinski definition) is 2. The van der Waals surface area contributed by atoms with E-state index >= 15 is 0 Å². The molecule has 2 heterocycles. The number of aliphatic imine (C=N–C) groups is 1. The van der Waals surface area contributed by atoms with Crippen LogP contribution in [0.3, 0.4) is 0 Å². The molecular formula is C13H20N4OS2. The summed E-state index contributed by atoms with van der Waals surface area (Å²) in [5.41, 5.74) is 5.95. The molecule has 2 rings (SSSR count). The average molecular weight is 312 g/mol. The van der Waals surface area contributed by atoms with Crippen molar-refractivity contribution in [2.75, 3.05) is 37.7 Å². The fourth-order valence-corrected chi connectivity index (χ4v) is 3.41. The van der Waals surface area contributed by atoms with Gasteiger partial charge < -0.3 is 16.0 Å². The molecule has 7 heteroatoms. The lowest BCUT2D eigenvalue weighted by atomic mass is 10.4. The topological polar surface area (TPSA) is 70.7 Å². The molecule has 0 bridgehead atoms. The second-order valence-electron chi connectivity index (χ2n) is 4.43. The number of guanidine groups is 1. The summed E-state index contributed by atoms with van der Waals surface area (Å²) in [6, 6.07) is 3.70. The molecule has 0 spiro atoms. The Kier molecular flexibility index (Phi) is 6.20. The van der Waals surface area contributed by atoms with Crippen molar-refractivity contribution in [3.63, 3.8) is 0 Å². The molecule has 1 fully saturated rings. The van der Waals surface area contributed by atoms with E-state index < -0.39 is 0 Å². The molecule has 1 aromatic rings. The lowest BCUT2D eigenvalue weighted by molar-refractivity contribution is 0.0957. The lowest BCUT2D eigenvalue weighted by Gasteiger charge is -2.27. The molecule has 20 heavy (non-hydrogen) atoms. The Hall–Kier alpha value is -1.21. The van der Waals surface area contributed by atoms with Crippen molar-refractivity contribution in [2.24, 2.45) is 10.7 Å². The van der Waals surface area contributed by atoms with Crippen molar-refractivity contribution >= 4 is 35.0 Å². The Balaban J connectivity index is 1.62. The van der Waals surface area contributed by atoms with Gasteiger partial charge in [0.25, 0.3) is 5.91 Å². The monoisotopic (exact) mass is 312 g/mol. The number of carbonyl (C=O) groups excluding carboxylic acids is 1. The zero-order valence-corrected chi connectivity index (χ0v) is 13.0. The van der Waals surface area contributed by atoms with E-state index in [4.69, 9.17) is 5.73 Å². The predicted molar refractivity (Wildman–Crippen MR) is 86.7 cm³/mol. The fourth-order valence-electron chi connectivity index (χ4n) is 1.86. The molecule has 3 N–H and O–H groups in total. The maximum Gasteiger partial charge on any atom is 0.261 e. The number of amides is 1. The van der Waals surface area contributed by atoms with Crippen molar-refractivity contribution in [2.45, 2.75) is 6.42 Å². The summed E-state index contributed by atoms with van der Waals surface area (Å²) in [5, 5.41) is 4.78. The molecule has 110 valence electrons. The van der Waals surface area contributed by atoms with Crippen LogP contribution >= 0.6 is 23.1 Å². The molecule has 1 saturated heterocycles. The van der Waals surface area contributed by atoms with E-state index in [0.717, 1.165) is 35.9 Å². The first kappa shape index (κ1) is 15.2. The minimum Gasteiger partial charge on any atom is -0.370 e. The first-order valence-corrected chi connectivity index (χ1v) is 8.75. The van der Waals surface area contributed by atoms with Crippen molar-refractivity contribution in [3.8, 4) is 0 Å². The van der Waals surface area contributed by atoms with Crippen LogP contribution in [0.1, 0.15) is 16.1 Å². The summed E-state index contributed by atoms with van der Waals surface area (Å²) < 4.78 is 0. The highest BCUT2D eigenvalue weighted by Gasteiger charge is 2.11. The Morgan fingerprint density at radius 2 is 2.25 bits per heavy atom. The second kappa shape index (κ2) is 8.16. The molecule has 1 amide bonds. The number of thiophene rings is 1. The van der Waals surface area contributed by atoms with E-state index in [1.165, 1.54) is 11.3 Å². The Morgan fingerprint density at radius 3 is 2.95 bits per heavy atom. The Labute approximate surface area is 127 Å². The molecule has 0 atom stereocenters. The number of carbonyl (C=O) groups is 1. The van der Waals surface area contributed by atoms with Crippen LogP contribution in [0.15, 0.2) is 22.5 Å². The highest BCUT2D eigenvalue weighted by atomic mass is 32.2. The van der Waals surface area contributed by atoms with Gasteiger partial charge in [-0.15, -0.1) is 11.3 Å². The summed E-state index contributed by atoms with van der Waals surface area (Å²) >= 11 is 3.40. The number of nitrogens with two attached hydrogens (primary N) is 1. The Morgan fingerprint density at radius 1 is 1.45 bits per heavy atom. The van der Waals surface area contributed by atoms with Gasteiger partial charge in [-0.1, -0.05) is 6.07 Å². The number of thioether (sulfide) groups is 1. The highest BCUT2D eigenvalue weighted by Crippen LogP contribution is 2.09. The third-order valence-electron chi connectivity index (χ3n) is 2.97. The van der Waals surface area contributed by atoms with Gasteiger partial charge in [-0.25, -0.2) is 0 Å². The van der Waals surface area contributed by atoms with E-state index in [-0.39, 0.29) is 5.91 Å². The number of nitrogens with zero attached hydrogens (tertiary/aromatic N) is 2. The Bertz CT molecular complexity index is 441. The second-order valence-corrected chi connectivity index (χ2v) is 6.60. The maximum atomic E-state index is 11.7. The van der Waals surface area contributed by atoms with Crippen molar-refractivity contribution in [1.82, 2.24) is 10.2 Å². The van der Waals surface area contributed by atoms with Gasteiger partial charge in [-0.05, 0) is 17.9 Å². The van der Waals surface area contributed by atoms with Crippen LogP contribution in [0.2, 0.25) is 0 Å². The summed E-state index contributed by atoms with van der Waals surface area (Å²) in [6.45, 7) is 3.24. The smallest absolute Gasteiger partial charge is 0.261 e. The average Bonchev–Trinajstić information content (AvgIpc) is 3.01. The quantitative estimate of drug-likeness (QED) is 0.487. The molecular weight excluding hydrogens is 292 g/mol. The van der Waals surface area contributed by atoms with E-state index in [1.54, 1.807) is 0 Å². The van der Waals surface area contributed by atoms with Crippen LogP contribution in [0.4, 0.5) is 0 Å². The van der Waals surface area contributed by atoms with Crippen molar-refractivity contribution in [3.05, 3.63) is 22.4 Å². The van der Waals surface area contributed by atoms with Crippen LogP contribution in [-0.4, -0.2) is 54.5 Å². The van der Waals surface area contributed by atoms with Crippen molar-refractivity contribution in [1.29, 1.82) is 0 Å². The largest absolute Gasteiger partial charge is 0.370 e. The standard InChI is InChI=1S/C13H20N4OS2/c14-13(17-6-9-19-10-7-17)16-5-2-4-15-12(18)11-3-1-8-20-11/h1,3,8H,2,4-7,9-10H2,(H2,14,16)(H,15,18). The molecule has 0 saturated carbocycles. The number of rotatable bonds is 5. The van der Waals surface area contributed by atoms with E-state index in [1.807, 2.05) is 29.3 Å². The van der Waals surface area contributed by atoms with Gasteiger partial charge in [-0.2, -0.15) is 11.8 Å². The van der Waals surface area contributed by atoms with Gasteiger partial charge in [0.05, 0.1) is 4.88 Å². The molecule has 0 unspecified atom stereocenters. The molecule has 1 aromatic heterocycles. The van der Waals surface area contributed by atoms with E-state index in [9.17, 15) is 4.79 Å². The minimum atomic E-state index is -0.00925. The molecule has 1 aliphatic rings. The van der Waals surface area contributed by atoms with Gasteiger partial charge in [0.1, 0.15) is 0 Å². The number of hydrogen-bond acceptors (Lipinski definition) is 4. The fraction of sp³-hybridized carbons (Fsp3) is 0.538. The minimum absolute atomic E-state index is 0.00925. The van der Waals surface area contributed by atoms with Gasteiger partial charge >= 0.3 is 0 Å². The third kappa shape index (κ3) is 4.72. The van der Waals surface area contributed by atoms with Gasteiger partial charge in [0, 0.05) is 37.7 Å². The molecule has 1 aliphatic heterocycles. The van der Waals surface area contributed by atoms with Crippen LogP contribution in [-0.2, 0) is 0 Å². The van der Waals surface area contributed by atoms with Crippen LogP contribution < -0.4 is 11.1 Å². The summed E-state index contributed by atoms with van der Waals surface area (Å²) in [7, 11) is 0. The lowest BCUT2D eigenvalue weighted by Crippen LogP contribution is -2.42. The molecule has 0 radical (unpaired) electrons. The summed E-state index contributed by atoms with van der Waals surface area (Å²) in [5.74, 6) is 2.86. The number of nitrogens with one attached hydrogen (secondary N) is 1. The van der Waals surface area contributed by atoms with E-state index in [0.29, 0.717) is 19.0 Å². The highest BCUT2D eigenvalue weighted by molar-refractivity contribution is 7.99. The molecule has 5 nitrogen and oxygen atoms in total. The van der Waals surface area contributed by atoms with Crippen molar-refractivity contribution < 1.29 is 4.79 Å². The van der Waals surface area contributed by atoms with E-state index in [2.05, 4.69) is 15.2 Å².